The van der Waals surface area contributed by atoms with Crippen molar-refractivity contribution in [2.75, 3.05) is 13.1 Å². The van der Waals surface area contributed by atoms with Crippen LogP contribution in [0.15, 0.2) is 41.1 Å². The van der Waals surface area contributed by atoms with E-state index in [1.807, 2.05) is 0 Å². The molecule has 1 saturated carbocycles. The second-order valence-corrected chi connectivity index (χ2v) is 7.70. The van der Waals surface area contributed by atoms with Crippen LogP contribution < -0.4 is 4.74 Å². The van der Waals surface area contributed by atoms with Gasteiger partial charge in [0.05, 0.1) is 11.2 Å². The van der Waals surface area contributed by atoms with E-state index in [0.29, 0.717) is 5.92 Å². The molecule has 0 spiro atoms. The minimum absolute atomic E-state index is 0.288. The van der Waals surface area contributed by atoms with Crippen LogP contribution >= 0.6 is 0 Å². The van der Waals surface area contributed by atoms with Gasteiger partial charge in [0.2, 0.25) is 0 Å². The van der Waals surface area contributed by atoms with Crippen LogP contribution in [0, 0.1) is 0 Å². The lowest BCUT2D eigenvalue weighted by Gasteiger charge is -2.31. The molecule has 0 radical (unpaired) electrons. The second kappa shape index (κ2) is 6.47. The number of aromatic nitrogens is 2. The first-order valence-corrected chi connectivity index (χ1v) is 9.65. The molecule has 2 aliphatic rings. The SMILES string of the molecule is Cn1ccc2c(OC3CCN(Cc4cc(C5CC5)on4)CC3)cccc21. The second-order valence-electron chi connectivity index (χ2n) is 7.70. The van der Waals surface area contributed by atoms with Crippen molar-refractivity contribution in [1.82, 2.24) is 14.6 Å². The van der Waals surface area contributed by atoms with Gasteiger partial charge in [0.1, 0.15) is 17.6 Å². The standard InChI is InChI=1S/C21H25N3O2/c1-23-10-9-18-19(23)3-2-4-20(18)25-17-7-11-24(12-8-17)14-16-13-21(26-22-16)15-5-6-15/h2-4,9-10,13,15,17H,5-8,11-12,14H2,1H3. The Morgan fingerprint density at radius 1 is 1.15 bits per heavy atom. The molecule has 3 aromatic rings. The van der Waals surface area contributed by atoms with Crippen LogP contribution in [0.5, 0.6) is 5.75 Å². The van der Waals surface area contributed by atoms with E-state index in [0.717, 1.165) is 49.7 Å². The van der Waals surface area contributed by atoms with E-state index >= 15 is 0 Å². The number of rotatable bonds is 5. The van der Waals surface area contributed by atoms with E-state index in [-0.39, 0.29) is 6.10 Å². The van der Waals surface area contributed by atoms with E-state index < -0.39 is 0 Å². The number of ether oxygens (including phenoxy) is 1. The normalized spacial score (nSPS) is 19.3. The minimum atomic E-state index is 0.288. The van der Waals surface area contributed by atoms with Crippen LogP contribution in [-0.2, 0) is 13.6 Å². The fourth-order valence-corrected chi connectivity index (χ4v) is 3.93. The Hall–Kier alpha value is -2.27. The molecule has 1 aromatic carbocycles. The molecule has 0 amide bonds. The van der Waals surface area contributed by atoms with Crippen molar-refractivity contribution < 1.29 is 9.26 Å². The zero-order chi connectivity index (χ0) is 17.5. The largest absolute Gasteiger partial charge is 0.490 e. The van der Waals surface area contributed by atoms with Gasteiger partial charge in [-0.05, 0) is 43.9 Å². The molecule has 26 heavy (non-hydrogen) atoms. The molecule has 1 saturated heterocycles. The summed E-state index contributed by atoms with van der Waals surface area (Å²) in [5, 5.41) is 5.45. The van der Waals surface area contributed by atoms with E-state index in [1.54, 1.807) is 0 Å². The van der Waals surface area contributed by atoms with Gasteiger partial charge >= 0.3 is 0 Å². The highest BCUT2D eigenvalue weighted by Gasteiger charge is 2.28. The number of piperidine rings is 1. The summed E-state index contributed by atoms with van der Waals surface area (Å²) in [5.41, 5.74) is 2.29. The Balaban J connectivity index is 1.18. The number of aryl methyl sites for hydroxylation is 1. The lowest BCUT2D eigenvalue weighted by atomic mass is 10.1. The predicted molar refractivity (Wildman–Crippen MR) is 100 cm³/mol. The van der Waals surface area contributed by atoms with Crippen molar-refractivity contribution in [3.63, 3.8) is 0 Å². The lowest BCUT2D eigenvalue weighted by Crippen LogP contribution is -2.37. The maximum Gasteiger partial charge on any atom is 0.140 e. The molecule has 0 atom stereocenters. The first-order chi connectivity index (χ1) is 12.8. The number of nitrogens with zero attached hydrogens (tertiary/aromatic N) is 3. The summed E-state index contributed by atoms with van der Waals surface area (Å²) in [6.07, 6.45) is 6.99. The van der Waals surface area contributed by atoms with Crippen LogP contribution in [0.2, 0.25) is 0 Å². The molecule has 1 aliphatic heterocycles. The number of likely N-dealkylation sites (tertiary alicyclic amines) is 1. The van der Waals surface area contributed by atoms with E-state index in [2.05, 4.69) is 58.2 Å². The molecule has 3 heterocycles. The molecule has 2 fully saturated rings. The summed E-state index contributed by atoms with van der Waals surface area (Å²) in [6.45, 7) is 2.97. The van der Waals surface area contributed by atoms with Gasteiger partial charge in [0.25, 0.3) is 0 Å². The summed E-state index contributed by atoms with van der Waals surface area (Å²) in [6, 6.07) is 10.6. The lowest BCUT2D eigenvalue weighted by molar-refractivity contribution is 0.0966. The fourth-order valence-electron chi connectivity index (χ4n) is 3.93. The van der Waals surface area contributed by atoms with Crippen molar-refractivity contribution in [1.29, 1.82) is 0 Å². The number of benzene rings is 1. The molecule has 2 aromatic heterocycles. The van der Waals surface area contributed by atoms with Crippen molar-refractivity contribution in [3.8, 4) is 5.75 Å². The number of hydrogen-bond acceptors (Lipinski definition) is 4. The minimum Gasteiger partial charge on any atom is -0.490 e. The number of hydrogen-bond donors (Lipinski definition) is 0. The summed E-state index contributed by atoms with van der Waals surface area (Å²) < 4.78 is 14.0. The highest BCUT2D eigenvalue weighted by Crippen LogP contribution is 2.40. The Morgan fingerprint density at radius 3 is 2.81 bits per heavy atom. The van der Waals surface area contributed by atoms with Gasteiger partial charge in [-0.3, -0.25) is 4.90 Å². The quantitative estimate of drug-likeness (QED) is 0.694. The topological polar surface area (TPSA) is 43.4 Å². The van der Waals surface area contributed by atoms with Crippen molar-refractivity contribution in [2.45, 2.75) is 44.2 Å². The first-order valence-electron chi connectivity index (χ1n) is 9.65. The molecule has 136 valence electrons. The molecule has 5 heteroatoms. The zero-order valence-corrected chi connectivity index (χ0v) is 15.2. The Bertz CT molecular complexity index is 901. The van der Waals surface area contributed by atoms with E-state index in [9.17, 15) is 0 Å². The van der Waals surface area contributed by atoms with Gasteiger partial charge in [0, 0.05) is 50.2 Å². The third kappa shape index (κ3) is 3.12. The molecular weight excluding hydrogens is 326 g/mol. The van der Waals surface area contributed by atoms with Gasteiger partial charge in [0.15, 0.2) is 0 Å². The molecular formula is C21H25N3O2. The smallest absolute Gasteiger partial charge is 0.140 e. The summed E-state index contributed by atoms with van der Waals surface area (Å²) >= 11 is 0. The summed E-state index contributed by atoms with van der Waals surface area (Å²) in [5.74, 6) is 2.72. The maximum atomic E-state index is 6.35. The van der Waals surface area contributed by atoms with Crippen molar-refractivity contribution in [2.24, 2.45) is 7.05 Å². The van der Waals surface area contributed by atoms with Crippen LogP contribution in [0.3, 0.4) is 0 Å². The van der Waals surface area contributed by atoms with Crippen molar-refractivity contribution >= 4 is 10.9 Å². The van der Waals surface area contributed by atoms with Crippen LogP contribution in [0.4, 0.5) is 0 Å². The number of fused-ring (bicyclic) bond motifs is 1. The van der Waals surface area contributed by atoms with Gasteiger partial charge in [-0.1, -0.05) is 11.2 Å². The van der Waals surface area contributed by atoms with Gasteiger partial charge in [-0.15, -0.1) is 0 Å². The molecule has 0 unspecified atom stereocenters. The maximum absolute atomic E-state index is 6.35. The fraction of sp³-hybridized carbons (Fsp3) is 0.476. The average molecular weight is 351 g/mol. The molecule has 0 bridgehead atoms. The third-order valence-electron chi connectivity index (χ3n) is 5.66. The van der Waals surface area contributed by atoms with Crippen LogP contribution in [0.1, 0.15) is 43.1 Å². The van der Waals surface area contributed by atoms with Gasteiger partial charge in [-0.25, -0.2) is 0 Å². The van der Waals surface area contributed by atoms with Gasteiger partial charge < -0.3 is 13.8 Å². The van der Waals surface area contributed by atoms with E-state index in [1.165, 1.54) is 23.7 Å². The Kier molecular flexibility index (Phi) is 3.97. The van der Waals surface area contributed by atoms with E-state index in [4.69, 9.17) is 9.26 Å². The Morgan fingerprint density at radius 2 is 2.00 bits per heavy atom. The molecule has 1 aliphatic carbocycles. The molecule has 0 N–H and O–H groups in total. The summed E-state index contributed by atoms with van der Waals surface area (Å²) in [4.78, 5) is 2.46. The highest BCUT2D eigenvalue weighted by atomic mass is 16.5. The van der Waals surface area contributed by atoms with Crippen LogP contribution in [0.25, 0.3) is 10.9 Å². The molecule has 5 nitrogen and oxygen atoms in total. The highest BCUT2D eigenvalue weighted by molar-refractivity contribution is 5.86. The average Bonchev–Trinajstić information content (AvgIpc) is 3.29. The Labute approximate surface area is 153 Å². The summed E-state index contributed by atoms with van der Waals surface area (Å²) in [7, 11) is 2.07. The third-order valence-corrected chi connectivity index (χ3v) is 5.66. The zero-order valence-electron chi connectivity index (χ0n) is 15.2. The monoisotopic (exact) mass is 351 g/mol. The predicted octanol–water partition coefficient (Wildman–Crippen LogP) is 4.09. The first kappa shape index (κ1) is 15.9. The van der Waals surface area contributed by atoms with Crippen molar-refractivity contribution in [3.05, 3.63) is 48.0 Å². The van der Waals surface area contributed by atoms with Crippen LogP contribution in [-0.4, -0.2) is 33.8 Å². The van der Waals surface area contributed by atoms with Gasteiger partial charge in [-0.2, -0.15) is 0 Å². The molecule has 5 rings (SSSR count).